The monoisotopic (exact) mass is 297 g/mol. The van der Waals surface area contributed by atoms with E-state index in [4.69, 9.17) is 0 Å². The summed E-state index contributed by atoms with van der Waals surface area (Å²) in [5, 5.41) is 1.63. The third-order valence-corrected chi connectivity index (χ3v) is 5.67. The lowest BCUT2D eigenvalue weighted by Crippen LogP contribution is -2.12. The summed E-state index contributed by atoms with van der Waals surface area (Å²) in [5.74, 6) is 0. The van der Waals surface area contributed by atoms with Crippen molar-refractivity contribution in [2.75, 3.05) is 0 Å². The van der Waals surface area contributed by atoms with Gasteiger partial charge in [0.25, 0.3) is 0 Å². The van der Waals surface area contributed by atoms with Crippen molar-refractivity contribution in [1.29, 1.82) is 0 Å². The van der Waals surface area contributed by atoms with Crippen molar-refractivity contribution in [3.8, 4) is 0 Å². The summed E-state index contributed by atoms with van der Waals surface area (Å²) < 4.78 is 25.2. The molecule has 3 rings (SSSR count). The van der Waals surface area contributed by atoms with Crippen LogP contribution >= 0.6 is 0 Å². The molecule has 4 heteroatoms. The normalized spacial score (nSPS) is 13.2. The molecule has 0 aliphatic heterocycles. The zero-order chi connectivity index (χ0) is 14.9. The number of benzene rings is 2. The van der Waals surface area contributed by atoms with Crippen molar-refractivity contribution in [1.82, 2.24) is 4.98 Å². The first kappa shape index (κ1) is 13.8. The Morgan fingerprint density at radius 3 is 2.33 bits per heavy atom. The highest BCUT2D eigenvalue weighted by Gasteiger charge is 2.25. The Morgan fingerprint density at radius 1 is 0.905 bits per heavy atom. The SMILES string of the molecule is CC(c1ccc2ccccc2c1)S(=O)(=O)c1ccccn1. The zero-order valence-electron chi connectivity index (χ0n) is 11.6. The maximum Gasteiger partial charge on any atom is 0.202 e. The molecule has 21 heavy (non-hydrogen) atoms. The van der Waals surface area contributed by atoms with E-state index in [1.807, 2.05) is 42.5 Å². The van der Waals surface area contributed by atoms with Gasteiger partial charge in [0, 0.05) is 6.20 Å². The van der Waals surface area contributed by atoms with E-state index in [1.165, 1.54) is 12.3 Å². The topological polar surface area (TPSA) is 47.0 Å². The van der Waals surface area contributed by atoms with Gasteiger partial charge in [-0.15, -0.1) is 0 Å². The molecule has 0 spiro atoms. The highest BCUT2D eigenvalue weighted by molar-refractivity contribution is 7.91. The molecule has 2 aromatic carbocycles. The third-order valence-electron chi connectivity index (χ3n) is 3.64. The van der Waals surface area contributed by atoms with Gasteiger partial charge in [0.1, 0.15) is 0 Å². The molecule has 3 nitrogen and oxygen atoms in total. The lowest BCUT2D eigenvalue weighted by atomic mass is 10.1. The Kier molecular flexibility index (Phi) is 3.47. The first-order valence-electron chi connectivity index (χ1n) is 6.73. The molecule has 0 aliphatic rings. The van der Waals surface area contributed by atoms with Crippen molar-refractivity contribution in [2.24, 2.45) is 0 Å². The van der Waals surface area contributed by atoms with Gasteiger partial charge >= 0.3 is 0 Å². The first-order chi connectivity index (χ1) is 10.1. The molecule has 0 amide bonds. The molecule has 0 bridgehead atoms. The maximum atomic E-state index is 12.6. The minimum absolute atomic E-state index is 0.116. The van der Waals surface area contributed by atoms with Gasteiger partial charge in [-0.25, -0.2) is 13.4 Å². The number of hydrogen-bond acceptors (Lipinski definition) is 3. The van der Waals surface area contributed by atoms with Crippen molar-refractivity contribution >= 4 is 20.6 Å². The van der Waals surface area contributed by atoms with Crippen LogP contribution in [0.3, 0.4) is 0 Å². The molecule has 1 atom stereocenters. The van der Waals surface area contributed by atoms with Crippen molar-refractivity contribution < 1.29 is 8.42 Å². The number of rotatable bonds is 3. The molecule has 0 saturated carbocycles. The maximum absolute atomic E-state index is 12.6. The third kappa shape index (κ3) is 2.54. The number of sulfone groups is 1. The predicted molar refractivity (Wildman–Crippen MR) is 83.8 cm³/mol. The molecule has 0 radical (unpaired) electrons. The number of nitrogens with zero attached hydrogens (tertiary/aromatic N) is 1. The summed E-state index contributed by atoms with van der Waals surface area (Å²) in [6.45, 7) is 1.70. The van der Waals surface area contributed by atoms with Crippen molar-refractivity contribution in [3.05, 3.63) is 72.4 Å². The van der Waals surface area contributed by atoms with Crippen molar-refractivity contribution in [2.45, 2.75) is 17.2 Å². The Balaban J connectivity index is 2.06. The number of fused-ring (bicyclic) bond motifs is 1. The highest BCUT2D eigenvalue weighted by atomic mass is 32.2. The summed E-state index contributed by atoms with van der Waals surface area (Å²) in [6.07, 6.45) is 1.50. The van der Waals surface area contributed by atoms with E-state index in [0.29, 0.717) is 0 Å². The summed E-state index contributed by atoms with van der Waals surface area (Å²) in [7, 11) is -3.47. The van der Waals surface area contributed by atoms with Gasteiger partial charge < -0.3 is 0 Å². The van der Waals surface area contributed by atoms with Crippen LogP contribution in [0, 0.1) is 0 Å². The van der Waals surface area contributed by atoms with Crippen LogP contribution in [0.25, 0.3) is 10.8 Å². The standard InChI is InChI=1S/C17H15NO2S/c1-13(21(19,20)17-8-4-5-11-18-17)15-10-9-14-6-2-3-7-16(14)12-15/h2-13H,1H3. The predicted octanol–water partition coefficient (Wildman–Crippen LogP) is 3.77. The highest BCUT2D eigenvalue weighted by Crippen LogP contribution is 2.29. The quantitative estimate of drug-likeness (QED) is 0.739. The van der Waals surface area contributed by atoms with E-state index >= 15 is 0 Å². The van der Waals surface area contributed by atoms with Crippen LogP contribution < -0.4 is 0 Å². The van der Waals surface area contributed by atoms with Crippen LogP contribution in [-0.2, 0) is 9.84 Å². The van der Waals surface area contributed by atoms with Crippen LogP contribution in [0.4, 0.5) is 0 Å². The number of hydrogen-bond donors (Lipinski definition) is 0. The number of aromatic nitrogens is 1. The van der Waals surface area contributed by atoms with Gasteiger partial charge in [0.15, 0.2) is 5.03 Å². The lowest BCUT2D eigenvalue weighted by molar-refractivity contribution is 0.582. The van der Waals surface area contributed by atoms with Crippen LogP contribution in [0.1, 0.15) is 17.7 Å². The Morgan fingerprint density at radius 2 is 1.62 bits per heavy atom. The molecule has 3 aromatic rings. The van der Waals surface area contributed by atoms with E-state index in [0.717, 1.165) is 16.3 Å². The largest absolute Gasteiger partial charge is 0.245 e. The molecule has 106 valence electrons. The summed E-state index contributed by atoms with van der Waals surface area (Å²) in [4.78, 5) is 3.97. The van der Waals surface area contributed by atoms with Gasteiger partial charge in [-0.3, -0.25) is 0 Å². The van der Waals surface area contributed by atoms with Crippen molar-refractivity contribution in [3.63, 3.8) is 0 Å². The fraction of sp³-hybridized carbons (Fsp3) is 0.118. The lowest BCUT2D eigenvalue weighted by Gasteiger charge is -2.13. The van der Waals surface area contributed by atoms with E-state index < -0.39 is 15.1 Å². The van der Waals surface area contributed by atoms with E-state index in [1.54, 1.807) is 19.1 Å². The molecule has 1 unspecified atom stereocenters. The minimum atomic E-state index is -3.47. The van der Waals surface area contributed by atoms with Gasteiger partial charge in [-0.1, -0.05) is 42.5 Å². The van der Waals surface area contributed by atoms with Crippen LogP contribution in [0.5, 0.6) is 0 Å². The minimum Gasteiger partial charge on any atom is -0.245 e. The second-order valence-electron chi connectivity index (χ2n) is 4.96. The van der Waals surface area contributed by atoms with Crippen LogP contribution in [0.15, 0.2) is 71.9 Å². The average molecular weight is 297 g/mol. The van der Waals surface area contributed by atoms with E-state index in [2.05, 4.69) is 4.98 Å². The summed E-state index contributed by atoms with van der Waals surface area (Å²) in [5.41, 5.74) is 0.777. The van der Waals surface area contributed by atoms with Gasteiger partial charge in [0.2, 0.25) is 9.84 Å². The summed E-state index contributed by atoms with van der Waals surface area (Å²) >= 11 is 0. The fourth-order valence-corrected chi connectivity index (χ4v) is 3.68. The molecule has 0 saturated heterocycles. The zero-order valence-corrected chi connectivity index (χ0v) is 12.4. The van der Waals surface area contributed by atoms with Gasteiger partial charge in [-0.05, 0) is 41.5 Å². The number of pyridine rings is 1. The second kappa shape index (κ2) is 5.30. The van der Waals surface area contributed by atoms with E-state index in [9.17, 15) is 8.42 Å². The Bertz CT molecular complexity index is 873. The van der Waals surface area contributed by atoms with E-state index in [-0.39, 0.29) is 5.03 Å². The average Bonchev–Trinajstić information content (AvgIpc) is 2.54. The molecule has 1 aromatic heterocycles. The van der Waals surface area contributed by atoms with Gasteiger partial charge in [-0.2, -0.15) is 0 Å². The molecular weight excluding hydrogens is 282 g/mol. The molecule has 0 fully saturated rings. The van der Waals surface area contributed by atoms with Crippen LogP contribution in [0.2, 0.25) is 0 Å². The molecule has 1 heterocycles. The molecular formula is C17H15NO2S. The fourth-order valence-electron chi connectivity index (χ4n) is 2.34. The Hall–Kier alpha value is -2.20. The van der Waals surface area contributed by atoms with Gasteiger partial charge in [0.05, 0.1) is 5.25 Å². The molecule has 0 aliphatic carbocycles. The Labute approximate surface area is 124 Å². The summed E-state index contributed by atoms with van der Waals surface area (Å²) in [6, 6.07) is 18.6. The smallest absolute Gasteiger partial charge is 0.202 e. The first-order valence-corrected chi connectivity index (χ1v) is 8.27. The molecule has 0 N–H and O–H groups in total. The second-order valence-corrected chi connectivity index (χ2v) is 7.18. The van der Waals surface area contributed by atoms with Crippen LogP contribution in [-0.4, -0.2) is 13.4 Å².